The van der Waals surface area contributed by atoms with E-state index in [1.165, 1.54) is 0 Å². The lowest BCUT2D eigenvalue weighted by Gasteiger charge is -2.47. The summed E-state index contributed by atoms with van der Waals surface area (Å²) in [6.45, 7) is 1.97. The maximum atomic E-state index is 16.3. The van der Waals surface area contributed by atoms with Crippen LogP contribution in [0.4, 0.5) is 4.79 Å². The molecule has 1 fully saturated rings. The molecule has 0 aromatic heterocycles. The number of amides is 2. The maximum Gasteiger partial charge on any atom is 0.407 e. The van der Waals surface area contributed by atoms with E-state index in [0.29, 0.717) is 27.8 Å². The Hall–Kier alpha value is -8.65. The smallest absolute Gasteiger partial charge is 0.407 e. The second-order valence-corrected chi connectivity index (χ2v) is 26.0. The van der Waals surface area contributed by atoms with E-state index in [4.69, 9.17) is 65.5 Å². The predicted molar refractivity (Wildman–Crippen MR) is 330 cm³/mol. The summed E-state index contributed by atoms with van der Waals surface area (Å²) >= 11 is 0. The summed E-state index contributed by atoms with van der Waals surface area (Å²) < 4.78 is 116. The number of rotatable bonds is 35. The van der Waals surface area contributed by atoms with Crippen molar-refractivity contribution in [1.29, 1.82) is 0 Å². The standard InChI is InChI=1S/C65H76N2O25P2/c1-42(68)79-39-54(66-57(75)33-58(93(77,83-35-50-25-15-9-16-26-50)84-36-51-27-17-10-18-28-51)94(78,85-37-52-29-19-11-20-30-52)86-38-53-31-21-12-22-32-53)60(88-46(5)72)61(55(87-45(4)71)40-80-43(2)69)92-64-59(67-65(76)82-34-49-23-13-8-14-24-49)63(90-48(7)74)62(89-47(6)73)56(91-64)41-81-44(3)70/h8-32,54-56,58-64H,33-41H2,1-7H3,(H,66,75)(H,67,76)/t54?,55?,56?,59?,60-,61+,62+,63-,64+/m1/s1. The molecule has 2 N–H and O–H groups in total. The topological polar surface area (TPSA) is 341 Å². The van der Waals surface area contributed by atoms with Gasteiger partial charge in [0.2, 0.25) is 5.91 Å². The van der Waals surface area contributed by atoms with Gasteiger partial charge in [-0.1, -0.05) is 152 Å². The molecule has 1 saturated heterocycles. The molecular formula is C65H76N2O25P2. The lowest BCUT2D eigenvalue weighted by molar-refractivity contribution is -0.304. The molecule has 0 spiro atoms. The average molecular weight is 1350 g/mol. The van der Waals surface area contributed by atoms with Crippen molar-refractivity contribution in [2.24, 2.45) is 0 Å². The van der Waals surface area contributed by atoms with Crippen LogP contribution in [-0.4, -0.2) is 134 Å². The highest BCUT2D eigenvalue weighted by molar-refractivity contribution is 7.72. The van der Waals surface area contributed by atoms with Gasteiger partial charge >= 0.3 is 63.1 Å². The highest BCUT2D eigenvalue weighted by atomic mass is 31.2. The Labute approximate surface area is 542 Å². The molecule has 5 aromatic carbocycles. The number of esters is 7. The molecule has 0 aliphatic carbocycles. The zero-order chi connectivity index (χ0) is 68.2. The van der Waals surface area contributed by atoms with Gasteiger partial charge in [0.15, 0.2) is 36.1 Å². The van der Waals surface area contributed by atoms with Crippen LogP contribution in [0.15, 0.2) is 152 Å². The van der Waals surface area contributed by atoms with E-state index >= 15 is 13.9 Å². The third kappa shape index (κ3) is 24.7. The molecule has 4 unspecified atom stereocenters. The van der Waals surface area contributed by atoms with Crippen LogP contribution in [0.5, 0.6) is 0 Å². The number of hydrogen-bond acceptors (Lipinski definition) is 25. The number of benzene rings is 5. The Kier molecular flexibility index (Phi) is 29.5. The van der Waals surface area contributed by atoms with Crippen molar-refractivity contribution in [2.75, 3.05) is 19.8 Å². The van der Waals surface area contributed by atoms with E-state index in [9.17, 15) is 38.4 Å². The summed E-state index contributed by atoms with van der Waals surface area (Å²) in [7, 11) is -10.2. The highest BCUT2D eigenvalue weighted by Gasteiger charge is 2.56. The predicted octanol–water partition coefficient (Wildman–Crippen LogP) is 8.26. The fourth-order valence-corrected chi connectivity index (χ4v) is 14.5. The molecule has 94 heavy (non-hydrogen) atoms. The summed E-state index contributed by atoms with van der Waals surface area (Å²) in [4.78, 5) is 121. The molecule has 27 nitrogen and oxygen atoms in total. The molecule has 0 bridgehead atoms. The minimum absolute atomic E-state index is 0.347. The van der Waals surface area contributed by atoms with Crippen molar-refractivity contribution >= 4 is 69.0 Å². The minimum atomic E-state index is -5.12. The number of carbonyl (C=O) groups is 9. The third-order valence-electron chi connectivity index (χ3n) is 13.6. The average Bonchev–Trinajstić information content (AvgIpc) is 0.786. The number of ether oxygens (including phenoxy) is 10. The number of carbonyl (C=O) groups excluding carboxylic acids is 9. The second-order valence-electron chi connectivity index (χ2n) is 21.1. The Morgan fingerprint density at radius 1 is 0.447 bits per heavy atom. The van der Waals surface area contributed by atoms with Gasteiger partial charge < -0.3 is 76.1 Å². The first-order chi connectivity index (χ1) is 44.9. The van der Waals surface area contributed by atoms with E-state index in [1.54, 1.807) is 152 Å². The Morgan fingerprint density at radius 2 is 0.840 bits per heavy atom. The Morgan fingerprint density at radius 3 is 1.23 bits per heavy atom. The van der Waals surface area contributed by atoms with Gasteiger partial charge in [-0.15, -0.1) is 0 Å². The van der Waals surface area contributed by atoms with E-state index < -0.39 is 182 Å². The summed E-state index contributed by atoms with van der Waals surface area (Å²) in [5.74, 6) is -8.36. The molecule has 29 heteroatoms. The van der Waals surface area contributed by atoms with Crippen LogP contribution in [0.25, 0.3) is 0 Å². The highest BCUT2D eigenvalue weighted by Crippen LogP contribution is 2.72. The lowest BCUT2D eigenvalue weighted by Crippen LogP contribution is -2.68. The number of hydrogen-bond donors (Lipinski definition) is 2. The molecule has 5 aromatic rings. The van der Waals surface area contributed by atoms with E-state index in [-0.39, 0.29) is 6.61 Å². The first-order valence-corrected chi connectivity index (χ1v) is 32.7. The maximum absolute atomic E-state index is 16.3. The first-order valence-electron chi connectivity index (χ1n) is 29.5. The van der Waals surface area contributed by atoms with Gasteiger partial charge in [-0.3, -0.25) is 47.5 Å². The van der Waals surface area contributed by atoms with Crippen molar-refractivity contribution < 1.29 is 118 Å². The third-order valence-corrected chi connectivity index (χ3v) is 19.1. The van der Waals surface area contributed by atoms with Gasteiger partial charge in [-0.05, 0) is 27.8 Å². The fourth-order valence-electron chi connectivity index (χ4n) is 9.41. The van der Waals surface area contributed by atoms with Crippen LogP contribution in [0.1, 0.15) is 82.7 Å². The van der Waals surface area contributed by atoms with Crippen molar-refractivity contribution in [1.82, 2.24) is 10.6 Å². The molecule has 1 aliphatic heterocycles. The van der Waals surface area contributed by atoms with Crippen molar-refractivity contribution in [3.8, 4) is 0 Å². The van der Waals surface area contributed by atoms with Crippen LogP contribution in [0, 0.1) is 0 Å². The zero-order valence-electron chi connectivity index (χ0n) is 52.7. The molecule has 0 saturated carbocycles. The van der Waals surface area contributed by atoms with Gasteiger partial charge in [0.1, 0.15) is 50.7 Å². The lowest BCUT2D eigenvalue weighted by atomic mass is 9.95. The van der Waals surface area contributed by atoms with E-state index in [1.807, 2.05) is 0 Å². The molecule has 6 rings (SSSR count). The normalized spacial score (nSPS) is 17.5. The van der Waals surface area contributed by atoms with Gasteiger partial charge in [0.25, 0.3) is 0 Å². The van der Waals surface area contributed by atoms with Gasteiger partial charge in [-0.25, -0.2) is 4.79 Å². The zero-order valence-corrected chi connectivity index (χ0v) is 54.5. The summed E-state index contributed by atoms with van der Waals surface area (Å²) in [5, 5.41) is 2.92. The summed E-state index contributed by atoms with van der Waals surface area (Å²) in [6.07, 6.45) is -16.3. The summed E-state index contributed by atoms with van der Waals surface area (Å²) in [6, 6.07) is 38.1. The SMILES string of the molecule is CC(=O)OCC(NC(=O)CC(P(=O)(OCc1ccccc1)OCc1ccccc1)P(=O)(OCc1ccccc1)OCc1ccccc1)[C@@H](OC(C)=O)[C@@H](O[C@@H]1OC(COC(C)=O)[C@H](OC(C)=O)[C@H](OC(C)=O)C1NC(=O)OCc1ccccc1)C(COC(C)=O)OC(C)=O. The minimum Gasteiger partial charge on any atom is -0.464 e. The Bertz CT molecular complexity index is 3190. The van der Waals surface area contributed by atoms with Crippen LogP contribution >= 0.6 is 15.2 Å². The van der Waals surface area contributed by atoms with Crippen LogP contribution < -0.4 is 10.6 Å². The van der Waals surface area contributed by atoms with E-state index in [2.05, 4.69) is 10.6 Å². The monoisotopic (exact) mass is 1350 g/mol. The number of alkyl carbamates (subject to hydrolysis) is 1. The molecule has 9 atom stereocenters. The van der Waals surface area contributed by atoms with Crippen LogP contribution in [0.3, 0.4) is 0 Å². The van der Waals surface area contributed by atoms with Crippen LogP contribution in [-0.2, 0) is 146 Å². The Balaban J connectivity index is 1.55. The first kappa shape index (κ1) is 74.4. The number of nitrogens with one attached hydrogen (secondary N) is 2. The van der Waals surface area contributed by atoms with E-state index in [0.717, 1.165) is 48.5 Å². The molecule has 2 amide bonds. The largest absolute Gasteiger partial charge is 0.464 e. The quantitative estimate of drug-likeness (QED) is 0.0219. The van der Waals surface area contributed by atoms with Crippen molar-refractivity contribution in [3.05, 3.63) is 179 Å². The molecule has 0 radical (unpaired) electrons. The molecule has 1 heterocycles. The molecular weight excluding hydrogens is 1270 g/mol. The van der Waals surface area contributed by atoms with Crippen molar-refractivity contribution in [3.63, 3.8) is 0 Å². The van der Waals surface area contributed by atoms with Gasteiger partial charge in [-0.2, -0.15) is 0 Å². The fraction of sp³-hybridized carbons (Fsp3) is 0.400. The van der Waals surface area contributed by atoms with Crippen LogP contribution in [0.2, 0.25) is 0 Å². The van der Waals surface area contributed by atoms with Gasteiger partial charge in [0.05, 0.1) is 32.8 Å². The van der Waals surface area contributed by atoms with Crippen molar-refractivity contribution in [2.45, 2.75) is 148 Å². The second kappa shape index (κ2) is 37.3. The van der Waals surface area contributed by atoms with Gasteiger partial charge in [0, 0.05) is 48.5 Å². The molecule has 1 aliphatic rings. The molecule has 506 valence electrons. The summed E-state index contributed by atoms with van der Waals surface area (Å²) in [5.41, 5.74) is 2.38.